The molecule has 1 aromatic heterocycles. The second kappa shape index (κ2) is 7.03. The van der Waals surface area contributed by atoms with Crippen LogP contribution in [0.3, 0.4) is 0 Å². The van der Waals surface area contributed by atoms with Crippen molar-refractivity contribution in [3.8, 4) is 0 Å². The van der Waals surface area contributed by atoms with Gasteiger partial charge in [-0.2, -0.15) is 0 Å². The molecule has 1 amide bonds. The number of carbonyl (C=O) groups excluding carboxylic acids is 1. The third-order valence-electron chi connectivity index (χ3n) is 5.58. The highest BCUT2D eigenvalue weighted by molar-refractivity contribution is 5.95. The standard InChI is InChI=1S/C21H27NO3/c1-12(2)16-7-5-13(3)9-18(16)21(24)22-15-6-8-17-14(4)10-20(23)25-19(17)11-15/h6,8,10-13,16,18H,5,7,9H2,1-4H3,(H,22,24)/t13-,16+,18-/m1/s1. The van der Waals surface area contributed by atoms with Gasteiger partial charge in [-0.25, -0.2) is 4.79 Å². The molecule has 134 valence electrons. The summed E-state index contributed by atoms with van der Waals surface area (Å²) >= 11 is 0. The fourth-order valence-electron chi connectivity index (χ4n) is 4.14. The van der Waals surface area contributed by atoms with E-state index in [-0.39, 0.29) is 17.5 Å². The van der Waals surface area contributed by atoms with Gasteiger partial charge in [-0.1, -0.05) is 27.2 Å². The van der Waals surface area contributed by atoms with E-state index in [1.807, 2.05) is 19.1 Å². The number of anilines is 1. The SMILES string of the molecule is Cc1cc(=O)oc2cc(NC(=O)[C@@H]3C[C@H](C)CC[C@H]3C(C)C)ccc12. The number of amides is 1. The Bertz CT molecular complexity index is 837. The molecule has 2 aromatic rings. The number of hydrogen-bond donors (Lipinski definition) is 1. The molecule has 4 heteroatoms. The molecule has 0 aliphatic heterocycles. The van der Waals surface area contributed by atoms with Gasteiger partial charge in [0, 0.05) is 29.1 Å². The second-order valence-electron chi connectivity index (χ2n) is 7.88. The van der Waals surface area contributed by atoms with Crippen molar-refractivity contribution in [3.63, 3.8) is 0 Å². The average Bonchev–Trinajstić information content (AvgIpc) is 2.53. The number of rotatable bonds is 3. The van der Waals surface area contributed by atoms with Crippen molar-refractivity contribution in [1.82, 2.24) is 0 Å². The maximum absolute atomic E-state index is 12.9. The maximum atomic E-state index is 12.9. The lowest BCUT2D eigenvalue weighted by Crippen LogP contribution is -2.36. The molecule has 0 unspecified atom stereocenters. The number of hydrogen-bond acceptors (Lipinski definition) is 3. The van der Waals surface area contributed by atoms with Crippen LogP contribution in [0.1, 0.15) is 45.6 Å². The fourth-order valence-corrected chi connectivity index (χ4v) is 4.14. The molecule has 1 aliphatic carbocycles. The molecule has 25 heavy (non-hydrogen) atoms. The third kappa shape index (κ3) is 3.78. The lowest BCUT2D eigenvalue weighted by molar-refractivity contribution is -0.123. The van der Waals surface area contributed by atoms with E-state index in [0.29, 0.717) is 29.0 Å². The van der Waals surface area contributed by atoms with Crippen LogP contribution in [0.4, 0.5) is 5.69 Å². The highest BCUT2D eigenvalue weighted by atomic mass is 16.4. The first-order chi connectivity index (χ1) is 11.8. The summed E-state index contributed by atoms with van der Waals surface area (Å²) < 4.78 is 5.28. The molecule has 1 aliphatic rings. The van der Waals surface area contributed by atoms with E-state index in [9.17, 15) is 9.59 Å². The largest absolute Gasteiger partial charge is 0.423 e. The van der Waals surface area contributed by atoms with Crippen LogP contribution < -0.4 is 10.9 Å². The first kappa shape index (κ1) is 17.7. The van der Waals surface area contributed by atoms with Gasteiger partial charge >= 0.3 is 5.63 Å². The molecular weight excluding hydrogens is 314 g/mol. The van der Waals surface area contributed by atoms with Crippen LogP contribution in [0.2, 0.25) is 0 Å². The molecule has 3 rings (SSSR count). The van der Waals surface area contributed by atoms with Crippen molar-refractivity contribution in [2.45, 2.75) is 47.0 Å². The Morgan fingerprint density at radius 1 is 1.24 bits per heavy atom. The molecule has 1 heterocycles. The lowest BCUT2D eigenvalue weighted by Gasteiger charge is -2.36. The molecular formula is C21H27NO3. The van der Waals surface area contributed by atoms with Gasteiger partial charge in [-0.15, -0.1) is 0 Å². The van der Waals surface area contributed by atoms with Gasteiger partial charge in [0.2, 0.25) is 5.91 Å². The Labute approximate surface area is 148 Å². The second-order valence-corrected chi connectivity index (χ2v) is 7.88. The zero-order valence-corrected chi connectivity index (χ0v) is 15.5. The van der Waals surface area contributed by atoms with E-state index in [1.54, 1.807) is 6.07 Å². The van der Waals surface area contributed by atoms with Crippen LogP contribution in [0.15, 0.2) is 33.5 Å². The van der Waals surface area contributed by atoms with E-state index in [4.69, 9.17) is 4.42 Å². The van der Waals surface area contributed by atoms with Crippen LogP contribution in [0.5, 0.6) is 0 Å². The van der Waals surface area contributed by atoms with Crippen LogP contribution >= 0.6 is 0 Å². The Morgan fingerprint density at radius 2 is 2.00 bits per heavy atom. The van der Waals surface area contributed by atoms with Gasteiger partial charge in [-0.3, -0.25) is 4.79 Å². The molecule has 1 fully saturated rings. The molecule has 0 spiro atoms. The van der Waals surface area contributed by atoms with Crippen LogP contribution in [0.25, 0.3) is 11.0 Å². The van der Waals surface area contributed by atoms with E-state index in [1.165, 1.54) is 12.5 Å². The zero-order valence-electron chi connectivity index (χ0n) is 15.5. The Balaban J connectivity index is 1.84. The minimum absolute atomic E-state index is 0.0453. The number of nitrogens with one attached hydrogen (secondary N) is 1. The summed E-state index contributed by atoms with van der Waals surface area (Å²) in [4.78, 5) is 24.5. The maximum Gasteiger partial charge on any atom is 0.336 e. The molecule has 1 N–H and O–H groups in total. The van der Waals surface area contributed by atoms with Crippen LogP contribution in [-0.4, -0.2) is 5.91 Å². The summed E-state index contributed by atoms with van der Waals surface area (Å²) in [5, 5.41) is 3.94. The third-order valence-corrected chi connectivity index (χ3v) is 5.58. The highest BCUT2D eigenvalue weighted by Gasteiger charge is 2.35. The molecule has 1 aromatic carbocycles. The van der Waals surface area contributed by atoms with E-state index in [2.05, 4.69) is 26.1 Å². The first-order valence-corrected chi connectivity index (χ1v) is 9.20. The Kier molecular flexibility index (Phi) is 4.98. The van der Waals surface area contributed by atoms with Crippen molar-refractivity contribution < 1.29 is 9.21 Å². The zero-order chi connectivity index (χ0) is 18.1. The summed E-state index contributed by atoms with van der Waals surface area (Å²) in [6.07, 6.45) is 3.26. The molecule has 3 atom stereocenters. The van der Waals surface area contributed by atoms with Gasteiger partial charge in [0.1, 0.15) is 5.58 Å². The molecule has 0 saturated heterocycles. The van der Waals surface area contributed by atoms with Gasteiger partial charge < -0.3 is 9.73 Å². The minimum Gasteiger partial charge on any atom is -0.423 e. The van der Waals surface area contributed by atoms with E-state index >= 15 is 0 Å². The van der Waals surface area contributed by atoms with Crippen molar-refractivity contribution in [2.75, 3.05) is 5.32 Å². The smallest absolute Gasteiger partial charge is 0.336 e. The first-order valence-electron chi connectivity index (χ1n) is 9.20. The number of carbonyl (C=O) groups is 1. The van der Waals surface area contributed by atoms with Crippen molar-refractivity contribution in [1.29, 1.82) is 0 Å². The van der Waals surface area contributed by atoms with Crippen molar-refractivity contribution >= 4 is 22.6 Å². The normalized spacial score (nSPS) is 23.8. The summed E-state index contributed by atoms with van der Waals surface area (Å²) in [6, 6.07) is 7.01. The van der Waals surface area contributed by atoms with Gasteiger partial charge in [0.25, 0.3) is 0 Å². The van der Waals surface area contributed by atoms with Gasteiger partial charge in [0.15, 0.2) is 0 Å². The van der Waals surface area contributed by atoms with Crippen LogP contribution in [0, 0.1) is 30.6 Å². The minimum atomic E-state index is -0.366. The topological polar surface area (TPSA) is 59.3 Å². The number of fused-ring (bicyclic) bond motifs is 1. The Hall–Kier alpha value is -2.10. The Morgan fingerprint density at radius 3 is 2.72 bits per heavy atom. The van der Waals surface area contributed by atoms with E-state index < -0.39 is 0 Å². The molecule has 0 bridgehead atoms. The quantitative estimate of drug-likeness (QED) is 0.820. The van der Waals surface area contributed by atoms with Gasteiger partial charge in [-0.05, 0) is 55.2 Å². The summed E-state index contributed by atoms with van der Waals surface area (Å²) in [5.74, 6) is 1.64. The number of aryl methyl sites for hydroxylation is 1. The molecule has 4 nitrogen and oxygen atoms in total. The van der Waals surface area contributed by atoms with Crippen molar-refractivity contribution in [2.24, 2.45) is 23.7 Å². The fraction of sp³-hybridized carbons (Fsp3) is 0.524. The highest BCUT2D eigenvalue weighted by Crippen LogP contribution is 2.38. The lowest BCUT2D eigenvalue weighted by atomic mass is 9.70. The molecule has 0 radical (unpaired) electrons. The predicted octanol–water partition coefficient (Wildman–Crippen LogP) is 4.75. The van der Waals surface area contributed by atoms with Crippen LogP contribution in [-0.2, 0) is 4.79 Å². The summed E-state index contributed by atoms with van der Waals surface area (Å²) in [5.41, 5.74) is 1.71. The average molecular weight is 341 g/mol. The van der Waals surface area contributed by atoms with E-state index in [0.717, 1.165) is 23.8 Å². The summed E-state index contributed by atoms with van der Waals surface area (Å²) in [6.45, 7) is 8.52. The summed E-state index contributed by atoms with van der Waals surface area (Å²) in [7, 11) is 0. The predicted molar refractivity (Wildman–Crippen MR) is 101 cm³/mol. The monoisotopic (exact) mass is 341 g/mol. The van der Waals surface area contributed by atoms with Crippen molar-refractivity contribution in [3.05, 3.63) is 40.2 Å². The molecule has 1 saturated carbocycles. The van der Waals surface area contributed by atoms with Gasteiger partial charge in [0.05, 0.1) is 0 Å². The number of benzene rings is 1.